The highest BCUT2D eigenvalue weighted by molar-refractivity contribution is 6.11. The third-order valence-corrected chi connectivity index (χ3v) is 3.21. The SMILES string of the molecule is CC1(C)C[C@@]12NC(=O)N(CC(=O)O)C2=O. The van der Waals surface area contributed by atoms with Crippen LogP contribution in [0.2, 0.25) is 0 Å². The quantitative estimate of drug-likeness (QED) is 0.620. The van der Waals surface area contributed by atoms with Crippen LogP contribution >= 0.6 is 0 Å². The van der Waals surface area contributed by atoms with Crippen LogP contribution in [0.5, 0.6) is 0 Å². The molecule has 2 rings (SSSR count). The van der Waals surface area contributed by atoms with Crippen molar-refractivity contribution in [1.82, 2.24) is 10.2 Å². The fourth-order valence-corrected chi connectivity index (χ4v) is 2.10. The number of carboxylic acid groups (broad SMARTS) is 1. The van der Waals surface area contributed by atoms with E-state index in [0.717, 1.165) is 4.90 Å². The van der Waals surface area contributed by atoms with Crippen molar-refractivity contribution in [2.24, 2.45) is 5.41 Å². The number of carbonyl (C=O) groups is 3. The van der Waals surface area contributed by atoms with Gasteiger partial charge in [-0.25, -0.2) is 4.79 Å². The van der Waals surface area contributed by atoms with Gasteiger partial charge < -0.3 is 10.4 Å². The molecule has 2 aliphatic rings. The minimum atomic E-state index is -1.19. The van der Waals surface area contributed by atoms with Crippen LogP contribution in [-0.4, -0.2) is 40.0 Å². The molecule has 0 aromatic rings. The predicted molar refractivity (Wildman–Crippen MR) is 49.0 cm³/mol. The fraction of sp³-hybridized carbons (Fsp3) is 0.667. The van der Waals surface area contributed by atoms with Crippen molar-refractivity contribution in [3.8, 4) is 0 Å². The zero-order valence-electron chi connectivity index (χ0n) is 8.53. The predicted octanol–water partition coefficient (Wildman–Crippen LogP) is -0.209. The van der Waals surface area contributed by atoms with E-state index in [1.807, 2.05) is 13.8 Å². The summed E-state index contributed by atoms with van der Waals surface area (Å²) < 4.78 is 0. The lowest BCUT2D eigenvalue weighted by molar-refractivity contribution is -0.142. The lowest BCUT2D eigenvalue weighted by Crippen LogP contribution is -2.38. The maximum Gasteiger partial charge on any atom is 0.325 e. The Morgan fingerprint density at radius 2 is 2.07 bits per heavy atom. The molecule has 6 nitrogen and oxygen atoms in total. The van der Waals surface area contributed by atoms with Gasteiger partial charge in [-0.3, -0.25) is 14.5 Å². The second kappa shape index (κ2) is 2.50. The molecule has 1 spiro atoms. The molecule has 2 N–H and O–H groups in total. The molecule has 0 aromatic heterocycles. The van der Waals surface area contributed by atoms with E-state index in [9.17, 15) is 14.4 Å². The summed E-state index contributed by atoms with van der Waals surface area (Å²) in [5.74, 6) is -1.60. The summed E-state index contributed by atoms with van der Waals surface area (Å²) >= 11 is 0. The Balaban J connectivity index is 2.22. The summed E-state index contributed by atoms with van der Waals surface area (Å²) in [5, 5.41) is 11.1. The minimum Gasteiger partial charge on any atom is -0.480 e. The Kier molecular flexibility index (Phi) is 1.66. The van der Waals surface area contributed by atoms with E-state index in [4.69, 9.17) is 5.11 Å². The molecule has 0 radical (unpaired) electrons. The molecule has 2 fully saturated rings. The van der Waals surface area contributed by atoms with Gasteiger partial charge in [0.15, 0.2) is 0 Å². The van der Waals surface area contributed by atoms with Gasteiger partial charge in [-0.2, -0.15) is 0 Å². The molecule has 1 atom stereocenters. The first-order valence-corrected chi connectivity index (χ1v) is 4.66. The highest BCUT2D eigenvalue weighted by atomic mass is 16.4. The number of aliphatic carboxylic acids is 1. The largest absolute Gasteiger partial charge is 0.480 e. The van der Waals surface area contributed by atoms with Crippen molar-refractivity contribution in [2.45, 2.75) is 25.8 Å². The van der Waals surface area contributed by atoms with Crippen LogP contribution in [0.25, 0.3) is 0 Å². The topological polar surface area (TPSA) is 86.7 Å². The molecule has 0 bridgehead atoms. The van der Waals surface area contributed by atoms with E-state index in [1.54, 1.807) is 0 Å². The molecular formula is C9H12N2O4. The van der Waals surface area contributed by atoms with Crippen molar-refractivity contribution in [2.75, 3.05) is 6.54 Å². The average molecular weight is 212 g/mol. The number of carboxylic acids is 1. The van der Waals surface area contributed by atoms with Crippen LogP contribution in [0.15, 0.2) is 0 Å². The lowest BCUT2D eigenvalue weighted by atomic mass is 10.1. The monoisotopic (exact) mass is 212 g/mol. The standard InChI is InChI=1S/C9H12N2O4/c1-8(2)4-9(8)6(14)11(3-5(12)13)7(15)10-9/h3-4H2,1-2H3,(H,10,15)(H,12,13)/t9-/m0/s1. The number of imide groups is 1. The van der Waals surface area contributed by atoms with Crippen LogP contribution in [0, 0.1) is 5.41 Å². The first-order chi connectivity index (χ1) is 6.80. The molecule has 0 aromatic carbocycles. The zero-order valence-corrected chi connectivity index (χ0v) is 8.53. The van der Waals surface area contributed by atoms with Crippen LogP contribution < -0.4 is 5.32 Å². The van der Waals surface area contributed by atoms with E-state index in [1.165, 1.54) is 0 Å². The van der Waals surface area contributed by atoms with Crippen LogP contribution in [0.4, 0.5) is 4.79 Å². The van der Waals surface area contributed by atoms with Gasteiger partial charge in [0, 0.05) is 0 Å². The number of hydrogen-bond donors (Lipinski definition) is 2. The first kappa shape index (κ1) is 9.95. The van der Waals surface area contributed by atoms with E-state index >= 15 is 0 Å². The second-order valence-electron chi connectivity index (χ2n) is 4.68. The van der Waals surface area contributed by atoms with Crippen molar-refractivity contribution >= 4 is 17.9 Å². The molecule has 1 saturated heterocycles. The number of rotatable bonds is 2. The van der Waals surface area contributed by atoms with Gasteiger partial charge >= 0.3 is 12.0 Å². The fourth-order valence-electron chi connectivity index (χ4n) is 2.10. The molecule has 82 valence electrons. The second-order valence-corrected chi connectivity index (χ2v) is 4.68. The Morgan fingerprint density at radius 1 is 1.53 bits per heavy atom. The van der Waals surface area contributed by atoms with E-state index in [-0.39, 0.29) is 5.41 Å². The van der Waals surface area contributed by atoms with Crippen LogP contribution in [0.1, 0.15) is 20.3 Å². The molecular weight excluding hydrogens is 200 g/mol. The van der Waals surface area contributed by atoms with Gasteiger partial charge in [0.05, 0.1) is 0 Å². The van der Waals surface area contributed by atoms with E-state index in [0.29, 0.717) is 6.42 Å². The molecule has 1 saturated carbocycles. The van der Waals surface area contributed by atoms with Gasteiger partial charge in [0.25, 0.3) is 5.91 Å². The molecule has 1 heterocycles. The van der Waals surface area contributed by atoms with Gasteiger partial charge in [0.1, 0.15) is 12.1 Å². The van der Waals surface area contributed by atoms with E-state index < -0.39 is 30.0 Å². The molecule has 0 unspecified atom stereocenters. The number of nitrogens with zero attached hydrogens (tertiary/aromatic N) is 1. The smallest absolute Gasteiger partial charge is 0.325 e. The highest BCUT2D eigenvalue weighted by Gasteiger charge is 2.72. The Labute approximate surface area is 86.2 Å². The third kappa shape index (κ3) is 1.14. The molecule has 1 aliphatic carbocycles. The normalized spacial score (nSPS) is 32.0. The van der Waals surface area contributed by atoms with Crippen molar-refractivity contribution in [1.29, 1.82) is 0 Å². The van der Waals surface area contributed by atoms with Crippen molar-refractivity contribution in [3.05, 3.63) is 0 Å². The zero-order chi connectivity index (χ0) is 11.4. The number of urea groups is 1. The average Bonchev–Trinajstić information content (AvgIpc) is 2.55. The molecule has 1 aliphatic heterocycles. The molecule has 6 heteroatoms. The maximum atomic E-state index is 11.8. The number of amides is 3. The van der Waals surface area contributed by atoms with Gasteiger partial charge in [-0.1, -0.05) is 13.8 Å². The highest BCUT2D eigenvalue weighted by Crippen LogP contribution is 2.58. The molecule has 15 heavy (non-hydrogen) atoms. The summed E-state index contributed by atoms with van der Waals surface area (Å²) in [6.07, 6.45) is 0.570. The van der Waals surface area contributed by atoms with Gasteiger partial charge in [-0.15, -0.1) is 0 Å². The summed E-state index contributed by atoms with van der Waals surface area (Å²) in [6.45, 7) is 3.17. The number of hydrogen-bond acceptors (Lipinski definition) is 3. The minimum absolute atomic E-state index is 0.271. The van der Waals surface area contributed by atoms with Gasteiger partial charge in [-0.05, 0) is 11.8 Å². The molecule has 3 amide bonds. The number of nitrogens with one attached hydrogen (secondary N) is 1. The van der Waals surface area contributed by atoms with E-state index in [2.05, 4.69) is 5.32 Å². The Bertz CT molecular complexity index is 376. The van der Waals surface area contributed by atoms with Gasteiger partial charge in [0.2, 0.25) is 0 Å². The first-order valence-electron chi connectivity index (χ1n) is 4.66. The maximum absolute atomic E-state index is 11.8. The lowest BCUT2D eigenvalue weighted by Gasteiger charge is -2.11. The summed E-state index contributed by atoms with van der Waals surface area (Å²) in [5.41, 5.74) is -1.12. The van der Waals surface area contributed by atoms with Crippen LogP contribution in [-0.2, 0) is 9.59 Å². The summed E-state index contributed by atoms with van der Waals surface area (Å²) in [4.78, 5) is 34.5. The van der Waals surface area contributed by atoms with Crippen molar-refractivity contribution in [3.63, 3.8) is 0 Å². The summed E-state index contributed by atoms with van der Waals surface area (Å²) in [6, 6.07) is -0.604. The third-order valence-electron chi connectivity index (χ3n) is 3.21. The number of carbonyl (C=O) groups excluding carboxylic acids is 2. The Hall–Kier alpha value is -1.59. The van der Waals surface area contributed by atoms with Crippen LogP contribution in [0.3, 0.4) is 0 Å². The van der Waals surface area contributed by atoms with Crippen molar-refractivity contribution < 1.29 is 19.5 Å². The summed E-state index contributed by atoms with van der Waals surface area (Å²) in [7, 11) is 0. The Morgan fingerprint density at radius 3 is 2.40 bits per heavy atom.